The highest BCUT2D eigenvalue weighted by atomic mass is 16.5. The van der Waals surface area contributed by atoms with Crippen LogP contribution in [-0.2, 0) is 4.79 Å². The summed E-state index contributed by atoms with van der Waals surface area (Å²) in [5, 5.41) is 20.6. The highest BCUT2D eigenvalue weighted by Gasteiger charge is 2.18. The van der Waals surface area contributed by atoms with Gasteiger partial charge >= 0.3 is 5.97 Å². The molecule has 0 aliphatic heterocycles. The normalized spacial score (nSPS) is 12.8. The Hall–Kier alpha value is -1.56. The molecule has 0 saturated heterocycles. The van der Waals surface area contributed by atoms with E-state index in [2.05, 4.69) is 5.10 Å². The quantitative estimate of drug-likeness (QED) is 0.488. The minimum absolute atomic E-state index is 0.0532. The van der Waals surface area contributed by atoms with Gasteiger partial charge in [-0.3, -0.25) is 4.79 Å². The van der Waals surface area contributed by atoms with Crippen molar-refractivity contribution >= 4 is 5.97 Å². The molecule has 1 atom stereocenters. The Morgan fingerprint density at radius 2 is 2.45 bits per heavy atom. The highest BCUT2D eigenvalue weighted by molar-refractivity contribution is 5.74. The van der Waals surface area contributed by atoms with E-state index in [1.165, 1.54) is 12.3 Å². The van der Waals surface area contributed by atoms with Gasteiger partial charge in [0.25, 0.3) is 0 Å². The molecule has 60 valence electrons. The molecule has 1 rings (SSSR count). The fourth-order valence-electron chi connectivity index (χ4n) is 0.661. The third-order valence-corrected chi connectivity index (χ3v) is 1.24. The topological polar surface area (TPSA) is 101 Å². The van der Waals surface area contributed by atoms with Crippen LogP contribution in [0.2, 0.25) is 0 Å². The summed E-state index contributed by atoms with van der Waals surface area (Å²) in [6.07, 6.45) is 1.26. The zero-order valence-electron chi connectivity index (χ0n) is 5.51. The number of aliphatic carboxylic acids is 1. The van der Waals surface area contributed by atoms with Crippen molar-refractivity contribution in [1.82, 2.24) is 9.94 Å². The van der Waals surface area contributed by atoms with Gasteiger partial charge in [0.05, 0.1) is 6.20 Å². The maximum absolute atomic E-state index is 10.3. The number of rotatable bonds is 2. The number of nitrogens with two attached hydrogens (primary N) is 1. The van der Waals surface area contributed by atoms with Crippen LogP contribution < -0.4 is 5.73 Å². The third-order valence-electron chi connectivity index (χ3n) is 1.24. The van der Waals surface area contributed by atoms with Crippen molar-refractivity contribution < 1.29 is 15.1 Å². The summed E-state index contributed by atoms with van der Waals surface area (Å²) in [6, 6.07) is 0.0983. The lowest BCUT2D eigenvalue weighted by Gasteiger charge is -2.03. The Morgan fingerprint density at radius 3 is 2.82 bits per heavy atom. The first-order chi connectivity index (χ1) is 5.13. The van der Waals surface area contributed by atoms with Gasteiger partial charge in [-0.2, -0.15) is 0 Å². The van der Waals surface area contributed by atoms with E-state index >= 15 is 0 Å². The van der Waals surface area contributed by atoms with Gasteiger partial charge in [-0.15, -0.1) is 9.94 Å². The molecule has 0 aliphatic rings. The number of carboxylic acid groups (broad SMARTS) is 1. The van der Waals surface area contributed by atoms with Crippen LogP contribution >= 0.6 is 0 Å². The first-order valence-corrected chi connectivity index (χ1v) is 2.84. The molecule has 6 heteroatoms. The molecule has 0 amide bonds. The number of hydrogen-bond acceptors (Lipinski definition) is 4. The average molecular weight is 157 g/mol. The molecule has 0 spiro atoms. The van der Waals surface area contributed by atoms with Crippen molar-refractivity contribution in [3.63, 3.8) is 0 Å². The van der Waals surface area contributed by atoms with E-state index < -0.39 is 12.0 Å². The summed E-state index contributed by atoms with van der Waals surface area (Å²) in [7, 11) is 0. The second kappa shape index (κ2) is 2.59. The van der Waals surface area contributed by atoms with Crippen LogP contribution in [0.4, 0.5) is 0 Å². The minimum atomic E-state index is -1.23. The van der Waals surface area contributed by atoms with Crippen LogP contribution in [0.3, 0.4) is 0 Å². The Kier molecular flexibility index (Phi) is 1.77. The summed E-state index contributed by atoms with van der Waals surface area (Å²) in [4.78, 5) is 10.7. The predicted molar refractivity (Wildman–Crippen MR) is 34.0 cm³/mol. The lowest BCUT2D eigenvalue weighted by atomic mass is 10.2. The molecular weight excluding hydrogens is 150 g/mol. The van der Waals surface area contributed by atoms with Crippen LogP contribution in [0.25, 0.3) is 0 Å². The molecule has 0 aliphatic carbocycles. The zero-order chi connectivity index (χ0) is 8.43. The van der Waals surface area contributed by atoms with E-state index in [1.807, 2.05) is 0 Å². The number of carboxylic acids is 1. The summed E-state index contributed by atoms with van der Waals surface area (Å²) in [5.41, 5.74) is 5.22. The zero-order valence-corrected chi connectivity index (χ0v) is 5.51. The molecule has 0 unspecified atom stereocenters. The van der Waals surface area contributed by atoms with Crippen LogP contribution in [0.15, 0.2) is 12.3 Å². The minimum Gasteiger partial charge on any atom is -0.480 e. The largest absolute Gasteiger partial charge is 0.480 e. The maximum Gasteiger partial charge on any atom is 0.326 e. The number of nitrogens with zero attached hydrogens (tertiary/aromatic N) is 2. The van der Waals surface area contributed by atoms with E-state index in [-0.39, 0.29) is 5.69 Å². The average Bonchev–Trinajstić information content (AvgIpc) is 2.33. The smallest absolute Gasteiger partial charge is 0.326 e. The number of hydrogen-bond donors (Lipinski definition) is 3. The maximum atomic E-state index is 10.3. The van der Waals surface area contributed by atoms with Gasteiger partial charge in [0, 0.05) is 0 Å². The SMILES string of the molecule is N[C@@H](C(=O)O)c1ccnn1O. The molecule has 0 radical (unpaired) electrons. The molecule has 1 heterocycles. The van der Waals surface area contributed by atoms with E-state index in [1.54, 1.807) is 0 Å². The molecule has 6 nitrogen and oxygen atoms in total. The summed E-state index contributed by atoms with van der Waals surface area (Å²) in [6.45, 7) is 0. The second-order valence-corrected chi connectivity index (χ2v) is 1.96. The van der Waals surface area contributed by atoms with Crippen molar-refractivity contribution in [2.45, 2.75) is 6.04 Å². The lowest BCUT2D eigenvalue weighted by Crippen LogP contribution is -2.23. The van der Waals surface area contributed by atoms with Gasteiger partial charge in [-0.25, -0.2) is 0 Å². The van der Waals surface area contributed by atoms with E-state index in [9.17, 15) is 4.79 Å². The lowest BCUT2D eigenvalue weighted by molar-refractivity contribution is -0.139. The number of aromatic nitrogens is 2. The molecular formula is C5H7N3O3. The molecule has 11 heavy (non-hydrogen) atoms. The van der Waals surface area contributed by atoms with Gasteiger partial charge in [0.2, 0.25) is 0 Å². The van der Waals surface area contributed by atoms with E-state index in [0.717, 1.165) is 0 Å². The Labute approximate surface area is 61.8 Å². The monoisotopic (exact) mass is 157 g/mol. The molecule has 1 aromatic rings. The van der Waals surface area contributed by atoms with E-state index in [4.69, 9.17) is 16.0 Å². The van der Waals surface area contributed by atoms with Crippen molar-refractivity contribution in [2.75, 3.05) is 0 Å². The molecule has 0 fully saturated rings. The van der Waals surface area contributed by atoms with Crippen LogP contribution in [0.1, 0.15) is 11.7 Å². The molecule has 0 bridgehead atoms. The highest BCUT2D eigenvalue weighted by Crippen LogP contribution is 2.06. The van der Waals surface area contributed by atoms with Crippen LogP contribution in [-0.4, -0.2) is 26.2 Å². The Balaban J connectivity index is 2.92. The van der Waals surface area contributed by atoms with Crippen LogP contribution in [0.5, 0.6) is 0 Å². The van der Waals surface area contributed by atoms with Crippen molar-refractivity contribution in [3.05, 3.63) is 18.0 Å². The Bertz CT molecular complexity index is 270. The molecule has 0 aromatic carbocycles. The van der Waals surface area contributed by atoms with Gasteiger partial charge in [0.1, 0.15) is 11.7 Å². The van der Waals surface area contributed by atoms with Crippen molar-refractivity contribution in [3.8, 4) is 0 Å². The fraction of sp³-hybridized carbons (Fsp3) is 0.200. The second-order valence-electron chi connectivity index (χ2n) is 1.96. The van der Waals surface area contributed by atoms with Gasteiger partial charge in [-0.1, -0.05) is 0 Å². The summed E-state index contributed by atoms with van der Waals surface area (Å²) >= 11 is 0. The standard InChI is InChI=1S/C5H7N3O3/c6-4(5(9)10)3-1-2-7-8(3)11/h1-2,4,11H,6H2,(H,9,10)/t4-/m1/s1. The summed E-state index contributed by atoms with van der Waals surface area (Å²) in [5.74, 6) is -1.21. The van der Waals surface area contributed by atoms with Gasteiger partial charge in [0.15, 0.2) is 0 Å². The fourth-order valence-corrected chi connectivity index (χ4v) is 0.661. The Morgan fingerprint density at radius 1 is 1.82 bits per heavy atom. The predicted octanol–water partition coefficient (Wildman–Crippen LogP) is -0.795. The first kappa shape index (κ1) is 7.55. The van der Waals surface area contributed by atoms with Gasteiger partial charge < -0.3 is 16.0 Å². The first-order valence-electron chi connectivity index (χ1n) is 2.84. The summed E-state index contributed by atoms with van der Waals surface area (Å²) < 4.78 is 0. The van der Waals surface area contributed by atoms with Crippen molar-refractivity contribution in [2.24, 2.45) is 5.73 Å². The number of carbonyl (C=O) groups is 1. The third kappa shape index (κ3) is 1.30. The van der Waals surface area contributed by atoms with Crippen molar-refractivity contribution in [1.29, 1.82) is 0 Å². The molecule has 1 aromatic heterocycles. The van der Waals surface area contributed by atoms with E-state index in [0.29, 0.717) is 4.85 Å². The van der Waals surface area contributed by atoms with Crippen LogP contribution in [0, 0.1) is 0 Å². The molecule has 0 saturated carbocycles. The molecule has 4 N–H and O–H groups in total. The van der Waals surface area contributed by atoms with Gasteiger partial charge in [-0.05, 0) is 6.07 Å².